The molecule has 1 fully saturated rings. The molecule has 0 spiro atoms. The first-order valence-corrected chi connectivity index (χ1v) is 9.45. The number of hydrogen-bond donors (Lipinski definition) is 0. The van der Waals surface area contributed by atoms with Gasteiger partial charge in [0.15, 0.2) is 0 Å². The van der Waals surface area contributed by atoms with Gasteiger partial charge in [-0.1, -0.05) is 27.2 Å². The SMILES string of the molecule is CC(C)[C@H]1CC[C@@H](C)C[C@H]1OC(=O)Cn1cnc2sccc2c1=O. The Morgan fingerprint density at radius 1 is 1.46 bits per heavy atom. The molecule has 6 heteroatoms. The van der Waals surface area contributed by atoms with Crippen LogP contribution in [0.3, 0.4) is 0 Å². The lowest BCUT2D eigenvalue weighted by atomic mass is 9.75. The predicted molar refractivity (Wildman–Crippen MR) is 95.1 cm³/mol. The summed E-state index contributed by atoms with van der Waals surface area (Å²) in [4.78, 5) is 29.7. The van der Waals surface area contributed by atoms with Crippen molar-refractivity contribution in [2.24, 2.45) is 17.8 Å². The van der Waals surface area contributed by atoms with Gasteiger partial charge in [-0.25, -0.2) is 4.98 Å². The van der Waals surface area contributed by atoms with Gasteiger partial charge in [0.05, 0.1) is 11.7 Å². The maximum atomic E-state index is 12.4. The van der Waals surface area contributed by atoms with Crippen LogP contribution in [0.2, 0.25) is 0 Å². The third kappa shape index (κ3) is 3.53. The van der Waals surface area contributed by atoms with Crippen LogP contribution in [0.15, 0.2) is 22.6 Å². The van der Waals surface area contributed by atoms with Crippen LogP contribution in [0.25, 0.3) is 10.2 Å². The second kappa shape index (κ2) is 7.05. The van der Waals surface area contributed by atoms with E-state index in [0.29, 0.717) is 28.0 Å². The maximum absolute atomic E-state index is 12.4. The van der Waals surface area contributed by atoms with Crippen molar-refractivity contribution >= 4 is 27.5 Å². The van der Waals surface area contributed by atoms with E-state index < -0.39 is 0 Å². The number of rotatable bonds is 4. The van der Waals surface area contributed by atoms with Crippen LogP contribution >= 0.6 is 11.3 Å². The van der Waals surface area contributed by atoms with Crippen LogP contribution in [0, 0.1) is 17.8 Å². The molecule has 3 rings (SSSR count). The fraction of sp³-hybridized carbons (Fsp3) is 0.611. The highest BCUT2D eigenvalue weighted by Crippen LogP contribution is 2.35. The minimum Gasteiger partial charge on any atom is -0.461 e. The van der Waals surface area contributed by atoms with Crippen molar-refractivity contribution < 1.29 is 9.53 Å². The largest absolute Gasteiger partial charge is 0.461 e. The zero-order valence-electron chi connectivity index (χ0n) is 14.4. The molecule has 5 nitrogen and oxygen atoms in total. The summed E-state index contributed by atoms with van der Waals surface area (Å²) in [6.07, 6.45) is 4.58. The van der Waals surface area contributed by atoms with E-state index in [1.807, 2.05) is 5.38 Å². The molecule has 1 aliphatic rings. The number of carbonyl (C=O) groups excluding carboxylic acids is 1. The third-order valence-corrected chi connectivity index (χ3v) is 5.81. The zero-order valence-corrected chi connectivity index (χ0v) is 15.2. The Kier molecular flexibility index (Phi) is 5.04. The van der Waals surface area contributed by atoms with E-state index >= 15 is 0 Å². The maximum Gasteiger partial charge on any atom is 0.326 e. The molecule has 0 unspecified atom stereocenters. The molecule has 0 amide bonds. The second-order valence-corrected chi connectivity index (χ2v) is 8.07. The first-order chi connectivity index (χ1) is 11.5. The van der Waals surface area contributed by atoms with Crippen LogP contribution in [0.1, 0.15) is 40.0 Å². The zero-order chi connectivity index (χ0) is 17.3. The van der Waals surface area contributed by atoms with E-state index in [2.05, 4.69) is 25.8 Å². The van der Waals surface area contributed by atoms with Crippen LogP contribution in [0.5, 0.6) is 0 Å². The number of hydrogen-bond acceptors (Lipinski definition) is 5. The molecule has 0 saturated heterocycles. The lowest BCUT2D eigenvalue weighted by Crippen LogP contribution is -2.37. The Balaban J connectivity index is 1.71. The number of aromatic nitrogens is 2. The average Bonchev–Trinajstić information content (AvgIpc) is 2.99. The first-order valence-electron chi connectivity index (χ1n) is 8.58. The summed E-state index contributed by atoms with van der Waals surface area (Å²) < 4.78 is 7.11. The van der Waals surface area contributed by atoms with Crippen molar-refractivity contribution in [1.82, 2.24) is 9.55 Å². The lowest BCUT2D eigenvalue weighted by Gasteiger charge is -2.36. The summed E-state index contributed by atoms with van der Waals surface area (Å²) in [5.74, 6) is 1.11. The average molecular weight is 348 g/mol. The van der Waals surface area contributed by atoms with Crippen LogP contribution in [-0.4, -0.2) is 21.6 Å². The molecule has 0 radical (unpaired) electrons. The third-order valence-electron chi connectivity index (χ3n) is 4.99. The summed E-state index contributed by atoms with van der Waals surface area (Å²) in [6.45, 7) is 6.49. The fourth-order valence-corrected chi connectivity index (χ4v) is 4.32. The normalized spacial score (nSPS) is 24.4. The molecule has 2 heterocycles. The molecule has 0 bridgehead atoms. The van der Waals surface area contributed by atoms with Gasteiger partial charge in [-0.15, -0.1) is 11.3 Å². The highest BCUT2D eigenvalue weighted by Gasteiger charge is 2.33. The van der Waals surface area contributed by atoms with E-state index in [1.165, 1.54) is 28.7 Å². The Hall–Kier alpha value is -1.69. The molecule has 24 heavy (non-hydrogen) atoms. The number of thiophene rings is 1. The summed E-state index contributed by atoms with van der Waals surface area (Å²) in [6, 6.07) is 1.74. The lowest BCUT2D eigenvalue weighted by molar-refractivity contribution is -0.156. The predicted octanol–water partition coefficient (Wildman–Crippen LogP) is 3.46. The Bertz CT molecular complexity index is 780. The molecule has 0 N–H and O–H groups in total. The van der Waals surface area contributed by atoms with Crippen molar-refractivity contribution in [3.63, 3.8) is 0 Å². The van der Waals surface area contributed by atoms with Crippen molar-refractivity contribution in [3.05, 3.63) is 28.1 Å². The molecule has 2 aromatic heterocycles. The quantitative estimate of drug-likeness (QED) is 0.794. The number of esters is 1. The van der Waals surface area contributed by atoms with Crippen LogP contribution in [-0.2, 0) is 16.1 Å². The van der Waals surface area contributed by atoms with Crippen molar-refractivity contribution in [1.29, 1.82) is 0 Å². The molecule has 2 aromatic rings. The summed E-state index contributed by atoms with van der Waals surface area (Å²) in [7, 11) is 0. The molecule has 130 valence electrons. The number of nitrogens with zero attached hydrogens (tertiary/aromatic N) is 2. The van der Waals surface area contributed by atoms with Gasteiger partial charge >= 0.3 is 5.97 Å². The molecule has 0 aromatic carbocycles. The van der Waals surface area contributed by atoms with E-state index in [-0.39, 0.29) is 24.2 Å². The molecule has 1 aliphatic carbocycles. The summed E-state index contributed by atoms with van der Waals surface area (Å²) in [5.41, 5.74) is -0.185. The number of carbonyl (C=O) groups is 1. The fourth-order valence-electron chi connectivity index (χ4n) is 3.60. The summed E-state index contributed by atoms with van der Waals surface area (Å²) in [5, 5.41) is 2.39. The van der Waals surface area contributed by atoms with Gasteiger partial charge in [-0.05, 0) is 42.0 Å². The van der Waals surface area contributed by atoms with Gasteiger partial charge < -0.3 is 4.74 Å². The standard InChI is InChI=1S/C18H24N2O3S/c1-11(2)13-5-4-12(3)8-15(13)23-16(21)9-20-10-19-17-14(18(20)22)6-7-24-17/h6-7,10-13,15H,4-5,8-9H2,1-3H3/t12-,13-,15-/m1/s1. The van der Waals surface area contributed by atoms with Crippen molar-refractivity contribution in [2.45, 2.75) is 52.7 Å². The van der Waals surface area contributed by atoms with Gasteiger partial charge in [-0.2, -0.15) is 0 Å². The Labute approximate surface area is 145 Å². The second-order valence-electron chi connectivity index (χ2n) is 7.17. The van der Waals surface area contributed by atoms with Crippen LogP contribution in [0.4, 0.5) is 0 Å². The Morgan fingerprint density at radius 3 is 3.00 bits per heavy atom. The van der Waals surface area contributed by atoms with Gasteiger partial charge in [0.1, 0.15) is 17.5 Å². The number of ether oxygens (including phenoxy) is 1. The van der Waals surface area contributed by atoms with Crippen molar-refractivity contribution in [3.8, 4) is 0 Å². The molecule has 3 atom stereocenters. The summed E-state index contributed by atoms with van der Waals surface area (Å²) >= 11 is 1.42. The minimum absolute atomic E-state index is 0.0465. The minimum atomic E-state index is -0.349. The van der Waals surface area contributed by atoms with Crippen LogP contribution < -0.4 is 5.56 Å². The van der Waals surface area contributed by atoms with E-state index in [4.69, 9.17) is 4.74 Å². The van der Waals surface area contributed by atoms with Gasteiger partial charge in [0.2, 0.25) is 0 Å². The molecular weight excluding hydrogens is 324 g/mol. The first kappa shape index (κ1) is 17.1. The monoisotopic (exact) mass is 348 g/mol. The Morgan fingerprint density at radius 2 is 2.25 bits per heavy atom. The van der Waals surface area contributed by atoms with Gasteiger partial charge in [0, 0.05) is 0 Å². The number of fused-ring (bicyclic) bond motifs is 1. The van der Waals surface area contributed by atoms with Crippen molar-refractivity contribution in [2.75, 3.05) is 0 Å². The molecule has 1 saturated carbocycles. The van der Waals surface area contributed by atoms with E-state index in [0.717, 1.165) is 12.8 Å². The van der Waals surface area contributed by atoms with E-state index in [1.54, 1.807) is 6.07 Å². The highest BCUT2D eigenvalue weighted by molar-refractivity contribution is 7.16. The highest BCUT2D eigenvalue weighted by atomic mass is 32.1. The van der Waals surface area contributed by atoms with E-state index in [9.17, 15) is 9.59 Å². The van der Waals surface area contributed by atoms with Gasteiger partial charge in [0.25, 0.3) is 5.56 Å². The topological polar surface area (TPSA) is 61.2 Å². The van der Waals surface area contributed by atoms with Gasteiger partial charge in [-0.3, -0.25) is 14.2 Å². The molecular formula is C18H24N2O3S. The molecule has 0 aliphatic heterocycles. The smallest absolute Gasteiger partial charge is 0.326 e.